The predicted octanol–water partition coefficient (Wildman–Crippen LogP) is -1.70. The molecule has 1 aliphatic rings. The first kappa shape index (κ1) is 11.5. The number of hydrogen-bond acceptors (Lipinski definition) is 7. The molecule has 2 heterocycles. The van der Waals surface area contributed by atoms with E-state index in [2.05, 4.69) is 20.8 Å². The summed E-state index contributed by atoms with van der Waals surface area (Å²) in [4.78, 5) is 10.6. The largest absolute Gasteiger partial charge is 0.476 e. The molecule has 1 aliphatic heterocycles. The van der Waals surface area contributed by atoms with Crippen LogP contribution in [0.15, 0.2) is 18.3 Å². The monoisotopic (exact) mass is 238 g/mol. The van der Waals surface area contributed by atoms with Gasteiger partial charge in [-0.3, -0.25) is 0 Å². The number of rotatable bonds is 2. The Morgan fingerprint density at radius 3 is 2.59 bits per heavy atom. The lowest BCUT2D eigenvalue weighted by molar-refractivity contribution is 0.0482. The van der Waals surface area contributed by atoms with E-state index in [1.807, 2.05) is 0 Å². The van der Waals surface area contributed by atoms with E-state index in [1.54, 1.807) is 0 Å². The zero-order valence-corrected chi connectivity index (χ0v) is 8.53. The van der Waals surface area contributed by atoms with Crippen molar-refractivity contribution in [1.29, 1.82) is 0 Å². The zero-order chi connectivity index (χ0) is 12.4. The normalized spacial score (nSPS) is 23.8. The molecule has 0 saturated carbocycles. The molecule has 0 spiro atoms. The maximum Gasteiger partial charge on any atom is 0.356 e. The van der Waals surface area contributed by atoms with Crippen LogP contribution in [-0.4, -0.2) is 44.1 Å². The van der Waals surface area contributed by atoms with Gasteiger partial charge < -0.3 is 20.6 Å². The van der Waals surface area contributed by atoms with Crippen molar-refractivity contribution in [3.63, 3.8) is 0 Å². The number of aromatic nitrogens is 2. The number of carboxylic acids is 1. The van der Waals surface area contributed by atoms with Gasteiger partial charge in [0.25, 0.3) is 0 Å². The van der Waals surface area contributed by atoms with Crippen molar-refractivity contribution in [2.45, 2.75) is 12.6 Å². The quantitative estimate of drug-likeness (QED) is 0.412. The van der Waals surface area contributed by atoms with Crippen molar-refractivity contribution in [3.05, 3.63) is 29.7 Å². The average Bonchev–Trinajstić information content (AvgIpc) is 2.29. The van der Waals surface area contributed by atoms with E-state index in [1.165, 1.54) is 18.3 Å². The molecule has 8 nitrogen and oxygen atoms in total. The number of nitrogens with one attached hydrogen (secondary N) is 2. The fourth-order valence-electron chi connectivity index (χ4n) is 1.35. The second kappa shape index (κ2) is 4.45. The molecule has 0 bridgehead atoms. The third kappa shape index (κ3) is 2.38. The molecule has 0 aromatic carbocycles. The minimum Gasteiger partial charge on any atom is -0.476 e. The van der Waals surface area contributed by atoms with Gasteiger partial charge in [0, 0.05) is 11.8 Å². The third-order valence-electron chi connectivity index (χ3n) is 2.19. The van der Waals surface area contributed by atoms with E-state index >= 15 is 0 Å². The summed E-state index contributed by atoms with van der Waals surface area (Å²) in [5, 5.41) is 39.5. The lowest BCUT2D eigenvalue weighted by Crippen LogP contribution is -2.49. The zero-order valence-electron chi connectivity index (χ0n) is 8.53. The Bertz CT molecular complexity index is 459. The molecular formula is C9H10N4O4. The van der Waals surface area contributed by atoms with Crippen molar-refractivity contribution < 1.29 is 20.1 Å². The Balaban J connectivity index is 2.25. The summed E-state index contributed by atoms with van der Waals surface area (Å²) in [5.74, 6) is -1.17. The summed E-state index contributed by atoms with van der Waals surface area (Å²) >= 11 is 0. The molecule has 8 heteroatoms. The second-order valence-electron chi connectivity index (χ2n) is 3.35. The van der Waals surface area contributed by atoms with Crippen molar-refractivity contribution in [2.75, 3.05) is 0 Å². The molecule has 0 aliphatic carbocycles. The van der Waals surface area contributed by atoms with Crippen LogP contribution in [-0.2, 0) is 0 Å². The van der Waals surface area contributed by atoms with Gasteiger partial charge in [-0.2, -0.15) is 0 Å². The molecule has 2 atom stereocenters. The van der Waals surface area contributed by atoms with E-state index in [4.69, 9.17) is 10.2 Å². The van der Waals surface area contributed by atoms with Gasteiger partial charge in [0.2, 0.25) is 0 Å². The summed E-state index contributed by atoms with van der Waals surface area (Å²) in [6, 6.07) is 2.70. The van der Waals surface area contributed by atoms with Crippen molar-refractivity contribution >= 4 is 11.5 Å². The minimum absolute atomic E-state index is 0.180. The summed E-state index contributed by atoms with van der Waals surface area (Å²) < 4.78 is 0. The van der Waals surface area contributed by atoms with Crippen molar-refractivity contribution in [2.24, 2.45) is 0 Å². The molecule has 2 rings (SSSR count). The van der Waals surface area contributed by atoms with Crippen LogP contribution in [0.4, 0.5) is 0 Å². The van der Waals surface area contributed by atoms with E-state index in [0.29, 0.717) is 11.3 Å². The third-order valence-corrected chi connectivity index (χ3v) is 2.19. The van der Waals surface area contributed by atoms with Gasteiger partial charge in [0.1, 0.15) is 6.23 Å². The number of carboxylic acid groups (broad SMARTS) is 1. The minimum atomic E-state index is -1.17. The molecule has 17 heavy (non-hydrogen) atoms. The lowest BCUT2D eigenvalue weighted by atomic mass is 10.1. The predicted molar refractivity (Wildman–Crippen MR) is 55.3 cm³/mol. The molecule has 0 saturated heterocycles. The summed E-state index contributed by atoms with van der Waals surface area (Å²) in [5.41, 5.74) is 0.495. The summed E-state index contributed by atoms with van der Waals surface area (Å²) in [6.07, 6.45) is -0.757. The second-order valence-corrected chi connectivity index (χ2v) is 3.35. The maximum absolute atomic E-state index is 10.6. The fraction of sp³-hybridized carbons (Fsp3) is 0.222. The Hall–Kier alpha value is -2.03. The molecule has 0 amide bonds. The first-order valence-electron chi connectivity index (χ1n) is 4.73. The molecule has 2 unspecified atom stereocenters. The number of aromatic carboxylic acids is 1. The van der Waals surface area contributed by atoms with Crippen LogP contribution in [0, 0.1) is 0 Å². The molecule has 0 fully saturated rings. The maximum atomic E-state index is 10.6. The van der Waals surface area contributed by atoms with Crippen LogP contribution < -0.4 is 10.6 Å². The highest BCUT2D eigenvalue weighted by atomic mass is 16.4. The lowest BCUT2D eigenvalue weighted by Gasteiger charge is -2.25. The van der Waals surface area contributed by atoms with E-state index in [-0.39, 0.29) is 5.69 Å². The van der Waals surface area contributed by atoms with Crippen LogP contribution in [0.3, 0.4) is 0 Å². The Kier molecular flexibility index (Phi) is 3.00. The number of aliphatic hydroxyl groups is 2. The molecule has 1 aromatic heterocycles. The van der Waals surface area contributed by atoms with Crippen molar-refractivity contribution in [3.8, 4) is 0 Å². The molecule has 1 aromatic rings. The smallest absolute Gasteiger partial charge is 0.356 e. The number of carbonyl (C=O) groups is 1. The standard InChI is InChI=1S/C9H10N4O4/c14-7-4(3-10-9(17)11-7)5-1-2-6(8(15)16)13-12-5/h1-3,7,9-11,14,17H,(H,15,16). The van der Waals surface area contributed by atoms with Gasteiger partial charge in [0.05, 0.1) is 5.69 Å². The van der Waals surface area contributed by atoms with E-state index in [9.17, 15) is 9.90 Å². The topological polar surface area (TPSA) is 128 Å². The highest BCUT2D eigenvalue weighted by Gasteiger charge is 2.21. The van der Waals surface area contributed by atoms with Crippen LogP contribution in [0.2, 0.25) is 0 Å². The number of aliphatic hydroxyl groups excluding tert-OH is 2. The fourth-order valence-corrected chi connectivity index (χ4v) is 1.35. The highest BCUT2D eigenvalue weighted by Crippen LogP contribution is 2.16. The number of nitrogens with zero attached hydrogens (tertiary/aromatic N) is 2. The first-order valence-corrected chi connectivity index (χ1v) is 4.73. The Morgan fingerprint density at radius 2 is 2.06 bits per heavy atom. The van der Waals surface area contributed by atoms with Gasteiger partial charge >= 0.3 is 5.97 Å². The summed E-state index contributed by atoms with van der Waals surface area (Å²) in [7, 11) is 0. The Morgan fingerprint density at radius 1 is 1.29 bits per heavy atom. The molecule has 90 valence electrons. The van der Waals surface area contributed by atoms with Crippen LogP contribution in [0.25, 0.3) is 5.57 Å². The Labute approximate surface area is 95.6 Å². The van der Waals surface area contributed by atoms with Crippen LogP contribution in [0.5, 0.6) is 0 Å². The first-order chi connectivity index (χ1) is 8.08. The van der Waals surface area contributed by atoms with Crippen LogP contribution >= 0.6 is 0 Å². The summed E-state index contributed by atoms with van der Waals surface area (Å²) in [6.45, 7) is 0. The van der Waals surface area contributed by atoms with Crippen LogP contribution in [0.1, 0.15) is 16.2 Å². The van der Waals surface area contributed by atoms with Gasteiger partial charge in [-0.05, 0) is 12.1 Å². The SMILES string of the molecule is O=C(O)c1ccc(C2=CNC(O)NC2O)nn1. The molecular weight excluding hydrogens is 228 g/mol. The molecule has 0 radical (unpaired) electrons. The van der Waals surface area contributed by atoms with Gasteiger partial charge in [0.15, 0.2) is 12.0 Å². The van der Waals surface area contributed by atoms with E-state index < -0.39 is 18.5 Å². The van der Waals surface area contributed by atoms with Gasteiger partial charge in [-0.15, -0.1) is 10.2 Å². The van der Waals surface area contributed by atoms with E-state index in [0.717, 1.165) is 0 Å². The average molecular weight is 238 g/mol. The van der Waals surface area contributed by atoms with Gasteiger partial charge in [-0.25, -0.2) is 10.1 Å². The number of hydrogen-bond donors (Lipinski definition) is 5. The van der Waals surface area contributed by atoms with Gasteiger partial charge in [-0.1, -0.05) is 0 Å². The van der Waals surface area contributed by atoms with Crippen molar-refractivity contribution in [1.82, 2.24) is 20.8 Å². The highest BCUT2D eigenvalue weighted by molar-refractivity contribution is 5.85. The molecule has 5 N–H and O–H groups in total.